The van der Waals surface area contributed by atoms with Gasteiger partial charge in [-0.1, -0.05) is 0 Å². The highest BCUT2D eigenvalue weighted by atomic mass is 32.1. The molecule has 4 N–H and O–H groups in total. The Labute approximate surface area is 97.4 Å². The Balaban J connectivity index is 2.49. The lowest BCUT2D eigenvalue weighted by Gasteiger charge is -2.20. The fourth-order valence-electron chi connectivity index (χ4n) is 1.18. The van der Waals surface area contributed by atoms with E-state index in [1.807, 2.05) is 0 Å². The Morgan fingerprint density at radius 1 is 1.62 bits per heavy atom. The first-order chi connectivity index (χ1) is 7.46. The molecule has 0 saturated heterocycles. The van der Waals surface area contributed by atoms with Crippen LogP contribution in [0.15, 0.2) is 11.4 Å². The van der Waals surface area contributed by atoms with Crippen LogP contribution in [-0.4, -0.2) is 40.0 Å². The highest BCUT2D eigenvalue weighted by Crippen LogP contribution is 2.16. The lowest BCUT2D eigenvalue weighted by Crippen LogP contribution is -2.40. The van der Waals surface area contributed by atoms with Crippen molar-refractivity contribution in [3.8, 4) is 0 Å². The number of thiophene rings is 1. The van der Waals surface area contributed by atoms with Gasteiger partial charge in [-0.25, -0.2) is 4.79 Å². The van der Waals surface area contributed by atoms with Crippen molar-refractivity contribution >= 4 is 17.3 Å². The minimum Gasteiger partial charge on any atom is -0.477 e. The van der Waals surface area contributed by atoms with Gasteiger partial charge in [-0.3, -0.25) is 0 Å². The molecule has 0 bridgehead atoms. The third-order valence-electron chi connectivity index (χ3n) is 2.10. The van der Waals surface area contributed by atoms with Crippen molar-refractivity contribution in [2.24, 2.45) is 0 Å². The standard InChI is InChI=1S/C10H15NO4S/c1-10(15,6-12)5-11-4-7-2-3-16-8(7)9(13)14/h2-3,11-12,15H,4-6H2,1H3,(H,13,14). The van der Waals surface area contributed by atoms with Crippen LogP contribution in [0.4, 0.5) is 0 Å². The van der Waals surface area contributed by atoms with Gasteiger partial charge in [-0.2, -0.15) is 0 Å². The molecular weight excluding hydrogens is 230 g/mol. The van der Waals surface area contributed by atoms with Gasteiger partial charge in [-0.05, 0) is 23.9 Å². The maximum atomic E-state index is 10.8. The fraction of sp³-hybridized carbons (Fsp3) is 0.500. The third-order valence-corrected chi connectivity index (χ3v) is 3.05. The van der Waals surface area contributed by atoms with Crippen molar-refractivity contribution in [3.05, 3.63) is 21.9 Å². The highest BCUT2D eigenvalue weighted by Gasteiger charge is 2.18. The first-order valence-electron chi connectivity index (χ1n) is 4.80. The van der Waals surface area contributed by atoms with Crippen molar-refractivity contribution in [2.75, 3.05) is 13.2 Å². The second-order valence-electron chi connectivity index (χ2n) is 3.84. The van der Waals surface area contributed by atoms with Gasteiger partial charge < -0.3 is 20.6 Å². The van der Waals surface area contributed by atoms with Gasteiger partial charge >= 0.3 is 5.97 Å². The van der Waals surface area contributed by atoms with Gasteiger partial charge in [0.25, 0.3) is 0 Å². The monoisotopic (exact) mass is 245 g/mol. The molecule has 0 aliphatic rings. The van der Waals surface area contributed by atoms with Crippen molar-refractivity contribution < 1.29 is 20.1 Å². The molecule has 0 fully saturated rings. The summed E-state index contributed by atoms with van der Waals surface area (Å²) in [4.78, 5) is 11.1. The van der Waals surface area contributed by atoms with Gasteiger partial charge in [0.2, 0.25) is 0 Å². The van der Waals surface area contributed by atoms with Crippen LogP contribution in [0, 0.1) is 0 Å². The second-order valence-corrected chi connectivity index (χ2v) is 4.75. The number of carboxylic acid groups (broad SMARTS) is 1. The van der Waals surface area contributed by atoms with Gasteiger partial charge in [0.15, 0.2) is 0 Å². The van der Waals surface area contributed by atoms with Crippen LogP contribution in [0.1, 0.15) is 22.2 Å². The van der Waals surface area contributed by atoms with Crippen LogP contribution in [0.25, 0.3) is 0 Å². The van der Waals surface area contributed by atoms with Crippen LogP contribution in [0.5, 0.6) is 0 Å². The maximum absolute atomic E-state index is 10.8. The predicted molar refractivity (Wildman–Crippen MR) is 60.7 cm³/mol. The van der Waals surface area contributed by atoms with E-state index < -0.39 is 11.6 Å². The summed E-state index contributed by atoms with van der Waals surface area (Å²) >= 11 is 1.17. The van der Waals surface area contributed by atoms with E-state index in [9.17, 15) is 9.90 Å². The van der Waals surface area contributed by atoms with Crippen molar-refractivity contribution in [1.29, 1.82) is 0 Å². The van der Waals surface area contributed by atoms with Crippen molar-refractivity contribution in [3.63, 3.8) is 0 Å². The predicted octanol–water partition coefficient (Wildman–Crippen LogP) is 0.279. The molecule has 0 saturated carbocycles. The molecule has 1 heterocycles. The van der Waals surface area contributed by atoms with Crippen LogP contribution in [-0.2, 0) is 6.54 Å². The second kappa shape index (κ2) is 5.40. The molecule has 0 amide bonds. The summed E-state index contributed by atoms with van der Waals surface area (Å²) in [5.41, 5.74) is -0.495. The molecule has 0 aliphatic heterocycles. The zero-order valence-corrected chi connectivity index (χ0v) is 9.75. The number of aromatic carboxylic acids is 1. The first kappa shape index (κ1) is 13.1. The fourth-order valence-corrected chi connectivity index (χ4v) is 1.95. The Kier molecular flexibility index (Phi) is 4.43. The average Bonchev–Trinajstić information content (AvgIpc) is 2.66. The van der Waals surface area contributed by atoms with Crippen LogP contribution >= 0.6 is 11.3 Å². The number of rotatable bonds is 6. The summed E-state index contributed by atoms with van der Waals surface area (Å²) in [6, 6.07) is 1.73. The maximum Gasteiger partial charge on any atom is 0.346 e. The van der Waals surface area contributed by atoms with Gasteiger partial charge in [0.05, 0.1) is 12.2 Å². The number of nitrogens with one attached hydrogen (secondary N) is 1. The molecule has 90 valence electrons. The number of hydrogen-bond acceptors (Lipinski definition) is 5. The average molecular weight is 245 g/mol. The molecule has 6 heteroatoms. The summed E-state index contributed by atoms with van der Waals surface area (Å²) in [5.74, 6) is -0.944. The van der Waals surface area contributed by atoms with Crippen molar-refractivity contribution in [2.45, 2.75) is 19.1 Å². The Morgan fingerprint density at radius 3 is 2.88 bits per heavy atom. The molecule has 1 aromatic rings. The molecule has 1 unspecified atom stereocenters. The molecule has 16 heavy (non-hydrogen) atoms. The zero-order valence-electron chi connectivity index (χ0n) is 8.93. The number of aliphatic hydroxyl groups excluding tert-OH is 1. The van der Waals surface area contributed by atoms with Gasteiger partial charge in [0.1, 0.15) is 4.88 Å². The molecule has 1 rings (SSSR count). The van der Waals surface area contributed by atoms with Crippen LogP contribution in [0.2, 0.25) is 0 Å². The molecule has 0 spiro atoms. The minimum atomic E-state index is -1.18. The van der Waals surface area contributed by atoms with E-state index in [0.717, 1.165) is 0 Å². The molecule has 5 nitrogen and oxygen atoms in total. The van der Waals surface area contributed by atoms with E-state index in [1.54, 1.807) is 11.4 Å². The van der Waals surface area contributed by atoms with Gasteiger partial charge in [-0.15, -0.1) is 11.3 Å². The number of carbonyl (C=O) groups is 1. The smallest absolute Gasteiger partial charge is 0.346 e. The van der Waals surface area contributed by atoms with E-state index in [0.29, 0.717) is 17.0 Å². The van der Waals surface area contributed by atoms with Gasteiger partial charge in [0, 0.05) is 13.1 Å². The molecular formula is C10H15NO4S. The van der Waals surface area contributed by atoms with Crippen molar-refractivity contribution in [1.82, 2.24) is 5.32 Å². The Morgan fingerprint density at radius 2 is 2.31 bits per heavy atom. The van der Waals surface area contributed by atoms with E-state index >= 15 is 0 Å². The lowest BCUT2D eigenvalue weighted by atomic mass is 10.1. The van der Waals surface area contributed by atoms with Crippen LogP contribution < -0.4 is 5.32 Å². The number of aliphatic hydroxyl groups is 2. The van der Waals surface area contributed by atoms with E-state index in [4.69, 9.17) is 10.2 Å². The summed E-state index contributed by atoms with van der Waals surface area (Å²) in [7, 11) is 0. The van der Waals surface area contributed by atoms with Crippen LogP contribution in [0.3, 0.4) is 0 Å². The number of hydrogen-bond donors (Lipinski definition) is 4. The van der Waals surface area contributed by atoms with E-state index in [2.05, 4.69) is 5.32 Å². The number of carboxylic acids is 1. The topological polar surface area (TPSA) is 89.8 Å². The van der Waals surface area contributed by atoms with E-state index in [-0.39, 0.29) is 13.2 Å². The molecule has 0 radical (unpaired) electrons. The molecule has 1 atom stereocenters. The summed E-state index contributed by atoms with van der Waals surface area (Å²) in [5, 5.41) is 31.8. The zero-order chi connectivity index (χ0) is 12.2. The summed E-state index contributed by atoms with van der Waals surface area (Å²) in [6.45, 7) is 1.74. The molecule has 0 aliphatic carbocycles. The summed E-state index contributed by atoms with van der Waals surface area (Å²) in [6.07, 6.45) is 0. The SMILES string of the molecule is CC(O)(CO)CNCc1ccsc1C(=O)O. The Bertz CT molecular complexity index is 361. The molecule has 1 aromatic heterocycles. The normalized spacial score (nSPS) is 14.7. The van der Waals surface area contributed by atoms with E-state index in [1.165, 1.54) is 18.3 Å². The minimum absolute atomic E-state index is 0.207. The first-order valence-corrected chi connectivity index (χ1v) is 5.68. The highest BCUT2D eigenvalue weighted by molar-refractivity contribution is 7.12. The third kappa shape index (κ3) is 3.57. The quantitative estimate of drug-likeness (QED) is 0.578. The molecule has 0 aromatic carbocycles. The largest absolute Gasteiger partial charge is 0.477 e. The Hall–Kier alpha value is -0.950. The summed E-state index contributed by atoms with van der Waals surface area (Å²) < 4.78 is 0. The lowest BCUT2D eigenvalue weighted by molar-refractivity contribution is 0.00254.